The Balaban J connectivity index is 1.78. The number of rotatable bonds is 5. The van der Waals surface area contributed by atoms with Crippen LogP contribution in [-0.2, 0) is 11.2 Å². The largest absolute Gasteiger partial charge is 0.454 e. The summed E-state index contributed by atoms with van der Waals surface area (Å²) in [5.41, 5.74) is 3.34. The first-order valence-electron chi connectivity index (χ1n) is 7.34. The van der Waals surface area contributed by atoms with Crippen molar-refractivity contribution in [3.8, 4) is 22.6 Å². The summed E-state index contributed by atoms with van der Waals surface area (Å²) in [6.45, 7) is 1.90. The van der Waals surface area contributed by atoms with Gasteiger partial charge in [0.2, 0.25) is 6.79 Å². The van der Waals surface area contributed by atoms with Crippen LogP contribution < -0.4 is 14.8 Å². The predicted molar refractivity (Wildman–Crippen MR) is 85.2 cm³/mol. The number of ether oxygens (including phenoxy) is 2. The highest BCUT2D eigenvalue weighted by Crippen LogP contribution is 2.35. The van der Waals surface area contributed by atoms with Crippen molar-refractivity contribution >= 4 is 5.78 Å². The summed E-state index contributed by atoms with van der Waals surface area (Å²) in [7, 11) is 1.81. The van der Waals surface area contributed by atoms with Gasteiger partial charge in [-0.3, -0.25) is 4.79 Å². The van der Waals surface area contributed by atoms with E-state index in [2.05, 4.69) is 29.6 Å². The molecule has 0 amide bonds. The third kappa shape index (κ3) is 2.97. The van der Waals surface area contributed by atoms with Gasteiger partial charge >= 0.3 is 0 Å². The molecule has 4 nitrogen and oxygen atoms in total. The fourth-order valence-corrected chi connectivity index (χ4v) is 2.59. The first kappa shape index (κ1) is 14.6. The number of benzene rings is 2. The lowest BCUT2D eigenvalue weighted by molar-refractivity contribution is -0.118. The highest BCUT2D eigenvalue weighted by Gasteiger charge is 2.14. The quantitative estimate of drug-likeness (QED) is 0.922. The summed E-state index contributed by atoms with van der Waals surface area (Å²) < 4.78 is 10.7. The van der Waals surface area contributed by atoms with Crippen LogP contribution in [0.1, 0.15) is 12.5 Å². The highest BCUT2D eigenvalue weighted by atomic mass is 16.7. The summed E-state index contributed by atoms with van der Waals surface area (Å²) in [6.07, 6.45) is 0.702. The third-order valence-corrected chi connectivity index (χ3v) is 3.94. The molecule has 1 atom stereocenters. The lowest BCUT2D eigenvalue weighted by atomic mass is 9.99. The average Bonchev–Trinajstić information content (AvgIpc) is 3.00. The van der Waals surface area contributed by atoms with Crippen molar-refractivity contribution in [2.24, 2.45) is 0 Å². The molecule has 0 aliphatic carbocycles. The van der Waals surface area contributed by atoms with Crippen molar-refractivity contribution in [2.45, 2.75) is 19.4 Å². The van der Waals surface area contributed by atoms with E-state index in [-0.39, 0.29) is 18.6 Å². The lowest BCUT2D eigenvalue weighted by Gasteiger charge is -2.13. The molecule has 1 N–H and O–H groups in total. The van der Waals surface area contributed by atoms with Gasteiger partial charge in [-0.2, -0.15) is 0 Å². The minimum absolute atomic E-state index is 0.128. The van der Waals surface area contributed by atoms with Gasteiger partial charge in [-0.25, -0.2) is 0 Å². The standard InChI is InChI=1S/C18H19NO3/c1-12(20)16(19-2)9-13-3-5-14(6-4-13)15-7-8-17-18(10-15)22-11-21-17/h3-8,10,16,19H,9,11H2,1-2H3/t16-/m0/s1. The SMILES string of the molecule is CN[C@@H](Cc1ccc(-c2ccc3c(c2)OCO3)cc1)C(C)=O. The van der Waals surface area contributed by atoms with Gasteiger partial charge in [0.25, 0.3) is 0 Å². The summed E-state index contributed by atoms with van der Waals surface area (Å²) >= 11 is 0. The van der Waals surface area contributed by atoms with E-state index >= 15 is 0 Å². The Morgan fingerprint density at radius 1 is 1.09 bits per heavy atom. The molecule has 0 radical (unpaired) electrons. The molecule has 3 rings (SSSR count). The predicted octanol–water partition coefficient (Wildman–Crippen LogP) is 2.80. The minimum atomic E-state index is -0.128. The zero-order valence-corrected chi connectivity index (χ0v) is 12.8. The first-order valence-corrected chi connectivity index (χ1v) is 7.34. The summed E-state index contributed by atoms with van der Waals surface area (Å²) in [4.78, 5) is 11.5. The monoisotopic (exact) mass is 297 g/mol. The zero-order valence-electron chi connectivity index (χ0n) is 12.8. The van der Waals surface area contributed by atoms with Gasteiger partial charge in [0.15, 0.2) is 11.5 Å². The molecule has 1 aliphatic rings. The molecular weight excluding hydrogens is 278 g/mol. The molecule has 0 unspecified atom stereocenters. The van der Waals surface area contributed by atoms with E-state index in [0.717, 1.165) is 28.2 Å². The number of ketones is 1. The van der Waals surface area contributed by atoms with E-state index in [1.165, 1.54) is 0 Å². The fraction of sp³-hybridized carbons (Fsp3) is 0.278. The Kier molecular flexibility index (Phi) is 4.11. The average molecular weight is 297 g/mol. The third-order valence-electron chi connectivity index (χ3n) is 3.94. The molecule has 2 aromatic carbocycles. The van der Waals surface area contributed by atoms with Gasteiger partial charge < -0.3 is 14.8 Å². The molecule has 0 saturated heterocycles. The van der Waals surface area contributed by atoms with Crippen LogP contribution in [0.25, 0.3) is 11.1 Å². The molecule has 0 spiro atoms. The van der Waals surface area contributed by atoms with E-state index in [0.29, 0.717) is 6.42 Å². The van der Waals surface area contributed by atoms with Crippen LogP contribution in [0, 0.1) is 0 Å². The van der Waals surface area contributed by atoms with Crippen LogP contribution in [0.15, 0.2) is 42.5 Å². The zero-order chi connectivity index (χ0) is 15.5. The fourth-order valence-electron chi connectivity index (χ4n) is 2.59. The van der Waals surface area contributed by atoms with Gasteiger partial charge in [-0.1, -0.05) is 30.3 Å². The second-order valence-electron chi connectivity index (χ2n) is 5.42. The number of carbonyl (C=O) groups excluding carboxylic acids is 1. The van der Waals surface area contributed by atoms with Crippen molar-refractivity contribution < 1.29 is 14.3 Å². The molecule has 22 heavy (non-hydrogen) atoms. The van der Waals surface area contributed by atoms with Gasteiger partial charge in [0, 0.05) is 0 Å². The Hall–Kier alpha value is -2.33. The molecule has 0 aromatic heterocycles. The maximum absolute atomic E-state index is 11.5. The molecule has 2 aromatic rings. The maximum Gasteiger partial charge on any atom is 0.231 e. The van der Waals surface area contributed by atoms with Gasteiger partial charge in [-0.05, 0) is 49.2 Å². The van der Waals surface area contributed by atoms with E-state index in [1.807, 2.05) is 25.2 Å². The Morgan fingerprint density at radius 2 is 1.77 bits per heavy atom. The molecule has 0 bridgehead atoms. The van der Waals surface area contributed by atoms with Crippen molar-refractivity contribution in [2.75, 3.05) is 13.8 Å². The van der Waals surface area contributed by atoms with Gasteiger partial charge in [0.05, 0.1) is 6.04 Å². The van der Waals surface area contributed by atoms with Crippen LogP contribution in [0.3, 0.4) is 0 Å². The van der Waals surface area contributed by atoms with E-state index in [1.54, 1.807) is 6.92 Å². The molecule has 1 aliphatic heterocycles. The number of nitrogens with one attached hydrogen (secondary N) is 1. The summed E-state index contributed by atoms with van der Waals surface area (Å²) in [6, 6.07) is 14.1. The van der Waals surface area contributed by atoms with Crippen LogP contribution in [-0.4, -0.2) is 25.7 Å². The Bertz CT molecular complexity index is 679. The summed E-state index contributed by atoms with van der Waals surface area (Å²) in [5, 5.41) is 3.04. The Morgan fingerprint density at radius 3 is 2.45 bits per heavy atom. The van der Waals surface area contributed by atoms with E-state index < -0.39 is 0 Å². The van der Waals surface area contributed by atoms with Crippen molar-refractivity contribution in [3.05, 3.63) is 48.0 Å². The van der Waals surface area contributed by atoms with Crippen molar-refractivity contribution in [1.82, 2.24) is 5.32 Å². The van der Waals surface area contributed by atoms with Crippen LogP contribution in [0.5, 0.6) is 11.5 Å². The van der Waals surface area contributed by atoms with E-state index in [4.69, 9.17) is 9.47 Å². The topological polar surface area (TPSA) is 47.6 Å². The second kappa shape index (κ2) is 6.20. The number of hydrogen-bond acceptors (Lipinski definition) is 4. The van der Waals surface area contributed by atoms with Crippen molar-refractivity contribution in [3.63, 3.8) is 0 Å². The Labute approximate surface area is 130 Å². The van der Waals surface area contributed by atoms with Crippen molar-refractivity contribution in [1.29, 1.82) is 0 Å². The minimum Gasteiger partial charge on any atom is -0.454 e. The maximum atomic E-state index is 11.5. The number of hydrogen-bond donors (Lipinski definition) is 1. The van der Waals surface area contributed by atoms with Gasteiger partial charge in [-0.15, -0.1) is 0 Å². The lowest BCUT2D eigenvalue weighted by Crippen LogP contribution is -2.34. The molecule has 0 saturated carbocycles. The van der Waals surface area contributed by atoms with Crippen LogP contribution in [0.4, 0.5) is 0 Å². The number of likely N-dealkylation sites (N-methyl/N-ethyl adjacent to an activating group) is 1. The molecule has 114 valence electrons. The number of Topliss-reactive ketones (excluding diaryl/α,β-unsaturated/α-hetero) is 1. The second-order valence-corrected chi connectivity index (χ2v) is 5.42. The van der Waals surface area contributed by atoms with E-state index in [9.17, 15) is 4.79 Å². The molecule has 4 heteroatoms. The number of carbonyl (C=O) groups is 1. The molecular formula is C18H19NO3. The van der Waals surface area contributed by atoms with Gasteiger partial charge in [0.1, 0.15) is 5.78 Å². The summed E-state index contributed by atoms with van der Waals surface area (Å²) in [5.74, 6) is 1.73. The normalized spacial score (nSPS) is 13.9. The highest BCUT2D eigenvalue weighted by molar-refractivity contribution is 5.81. The smallest absolute Gasteiger partial charge is 0.231 e. The van der Waals surface area contributed by atoms with Crippen LogP contribution >= 0.6 is 0 Å². The number of fused-ring (bicyclic) bond motifs is 1. The first-order chi connectivity index (χ1) is 10.7. The van der Waals surface area contributed by atoms with Crippen LogP contribution in [0.2, 0.25) is 0 Å². The molecule has 0 fully saturated rings. The molecule has 1 heterocycles.